The molecule has 3 aliphatic rings. The van der Waals surface area contributed by atoms with Gasteiger partial charge in [-0.05, 0) is 44.4 Å². The highest BCUT2D eigenvalue weighted by Crippen LogP contribution is 2.56. The largest absolute Gasteiger partial charge is 0.509 e. The van der Waals surface area contributed by atoms with Crippen LogP contribution in [0.15, 0.2) is 35.1 Å². The van der Waals surface area contributed by atoms with Crippen LogP contribution in [0.25, 0.3) is 0 Å². The van der Waals surface area contributed by atoms with Gasteiger partial charge in [0.25, 0.3) is 5.91 Å². The fraction of sp³-hybridized carbons (Fsp3) is 0.652. The minimum Gasteiger partial charge on any atom is -0.509 e. The molecule has 5 nitrogen and oxygen atoms in total. The number of carbonyl (C=O) groups is 2. The zero-order valence-electron chi connectivity index (χ0n) is 17.6. The molecule has 0 aromatic carbocycles. The molecular formula is C23H33NO4. The number of hydrogen-bond donors (Lipinski definition) is 2. The number of aliphatic hydroxyl groups is 2. The Morgan fingerprint density at radius 3 is 2.64 bits per heavy atom. The first-order valence-electron chi connectivity index (χ1n) is 10.3. The lowest BCUT2D eigenvalue weighted by molar-refractivity contribution is -0.136. The standard InChI is InChI=1S/C23H33NO4/c1-6-7-16-14(3)11-15-9-8-13(2)10-17(15)23(16,4)21(27)19-20(26)18(12-25)24(5)22(19)28/h6-7,11,13,15-18,25-26H,8-10,12H2,1-5H3/b7-6+/t13-,15+,16-,17+,18?,23-/m1/s1. The summed E-state index contributed by atoms with van der Waals surface area (Å²) in [5.41, 5.74) is 0.224. The van der Waals surface area contributed by atoms with Gasteiger partial charge in [-0.1, -0.05) is 44.1 Å². The van der Waals surface area contributed by atoms with E-state index in [9.17, 15) is 19.8 Å². The number of allylic oxidation sites excluding steroid dienone is 4. The van der Waals surface area contributed by atoms with Gasteiger partial charge in [0.05, 0.1) is 6.61 Å². The lowest BCUT2D eigenvalue weighted by Crippen LogP contribution is -2.51. The van der Waals surface area contributed by atoms with Gasteiger partial charge in [-0.3, -0.25) is 9.59 Å². The Bertz CT molecular complexity index is 765. The number of amides is 1. The summed E-state index contributed by atoms with van der Waals surface area (Å²) >= 11 is 0. The Morgan fingerprint density at radius 1 is 1.39 bits per heavy atom. The van der Waals surface area contributed by atoms with Crippen molar-refractivity contribution in [3.8, 4) is 0 Å². The molecule has 0 spiro atoms. The number of likely N-dealkylation sites (N-methyl/N-ethyl adjacent to an activating group) is 1. The van der Waals surface area contributed by atoms with Crippen molar-refractivity contribution in [2.75, 3.05) is 13.7 Å². The molecule has 0 bridgehead atoms. The quantitative estimate of drug-likeness (QED) is 0.572. The molecule has 1 heterocycles. The van der Waals surface area contributed by atoms with Crippen LogP contribution in [0.5, 0.6) is 0 Å². The van der Waals surface area contributed by atoms with E-state index in [1.54, 1.807) is 0 Å². The van der Waals surface area contributed by atoms with Crippen LogP contribution in [0, 0.1) is 29.1 Å². The third kappa shape index (κ3) is 2.95. The van der Waals surface area contributed by atoms with Crippen LogP contribution in [-0.4, -0.2) is 46.5 Å². The molecular weight excluding hydrogens is 354 g/mol. The lowest BCUT2D eigenvalue weighted by atomic mass is 9.51. The van der Waals surface area contributed by atoms with Crippen molar-refractivity contribution in [1.82, 2.24) is 4.90 Å². The van der Waals surface area contributed by atoms with E-state index < -0.39 is 24.0 Å². The number of fused-ring (bicyclic) bond motifs is 1. The van der Waals surface area contributed by atoms with Gasteiger partial charge in [-0.15, -0.1) is 0 Å². The molecule has 0 saturated heterocycles. The average Bonchev–Trinajstić information content (AvgIpc) is 2.87. The smallest absolute Gasteiger partial charge is 0.261 e. The second-order valence-electron chi connectivity index (χ2n) is 9.09. The van der Waals surface area contributed by atoms with E-state index in [-0.39, 0.29) is 29.0 Å². The van der Waals surface area contributed by atoms with Gasteiger partial charge in [0.2, 0.25) is 0 Å². The Kier molecular flexibility index (Phi) is 5.59. The molecule has 5 heteroatoms. The predicted molar refractivity (Wildman–Crippen MR) is 108 cm³/mol. The van der Waals surface area contributed by atoms with Crippen molar-refractivity contribution in [3.63, 3.8) is 0 Å². The van der Waals surface area contributed by atoms with Crippen LogP contribution in [0.2, 0.25) is 0 Å². The van der Waals surface area contributed by atoms with Gasteiger partial charge in [0.15, 0.2) is 5.78 Å². The average molecular weight is 388 g/mol. The van der Waals surface area contributed by atoms with Gasteiger partial charge >= 0.3 is 0 Å². The van der Waals surface area contributed by atoms with E-state index in [0.29, 0.717) is 11.8 Å². The van der Waals surface area contributed by atoms with Gasteiger partial charge in [0, 0.05) is 18.4 Å². The molecule has 154 valence electrons. The summed E-state index contributed by atoms with van der Waals surface area (Å²) in [6, 6.07) is -0.837. The minimum absolute atomic E-state index is 0.108. The SMILES string of the molecule is C/C=C/[C@@H]1C(C)=C[C@@H]2CC[C@@H](C)C[C@@H]2[C@]1(C)C(=O)C1=C(O)C(CO)N(C)C1=O. The second-order valence-corrected chi connectivity index (χ2v) is 9.09. The first-order valence-corrected chi connectivity index (χ1v) is 10.3. The Balaban J connectivity index is 2.14. The predicted octanol–water partition coefficient (Wildman–Crippen LogP) is 3.41. The van der Waals surface area contributed by atoms with Crippen LogP contribution < -0.4 is 0 Å². The molecule has 28 heavy (non-hydrogen) atoms. The molecule has 0 aromatic heterocycles. The summed E-state index contributed by atoms with van der Waals surface area (Å²) < 4.78 is 0. The van der Waals surface area contributed by atoms with Gasteiger partial charge in [0.1, 0.15) is 17.4 Å². The number of rotatable bonds is 4. The zero-order valence-corrected chi connectivity index (χ0v) is 17.6. The van der Waals surface area contributed by atoms with E-state index in [1.165, 1.54) is 11.9 Å². The maximum atomic E-state index is 13.9. The highest BCUT2D eigenvalue weighted by molar-refractivity contribution is 6.23. The molecule has 1 unspecified atom stereocenters. The number of ketones is 1. The third-order valence-corrected chi connectivity index (χ3v) is 7.40. The van der Waals surface area contributed by atoms with Gasteiger partial charge in [-0.2, -0.15) is 0 Å². The number of hydrogen-bond acceptors (Lipinski definition) is 4. The summed E-state index contributed by atoms with van der Waals surface area (Å²) in [6.45, 7) is 7.82. The maximum Gasteiger partial charge on any atom is 0.261 e. The van der Waals surface area contributed by atoms with E-state index in [1.807, 2.05) is 19.9 Å². The van der Waals surface area contributed by atoms with Crippen LogP contribution >= 0.6 is 0 Å². The Hall–Kier alpha value is -1.88. The van der Waals surface area contributed by atoms with E-state index in [0.717, 1.165) is 24.8 Å². The summed E-state index contributed by atoms with van der Waals surface area (Å²) in [4.78, 5) is 28.0. The molecule has 0 radical (unpaired) electrons. The number of nitrogens with zero attached hydrogens (tertiary/aromatic N) is 1. The van der Waals surface area contributed by atoms with Crippen molar-refractivity contribution < 1.29 is 19.8 Å². The van der Waals surface area contributed by atoms with Crippen LogP contribution in [0.4, 0.5) is 0 Å². The summed E-state index contributed by atoms with van der Waals surface area (Å²) in [5, 5.41) is 20.2. The number of Topliss-reactive ketones (excluding diaryl/α,β-unsaturated/α-hetero) is 1. The zero-order chi connectivity index (χ0) is 20.8. The first-order chi connectivity index (χ1) is 13.2. The van der Waals surface area contributed by atoms with Crippen LogP contribution in [0.3, 0.4) is 0 Å². The summed E-state index contributed by atoms with van der Waals surface area (Å²) in [7, 11) is 1.52. The fourth-order valence-electron chi connectivity index (χ4n) is 5.76. The van der Waals surface area contributed by atoms with Crippen LogP contribution in [0.1, 0.15) is 47.0 Å². The van der Waals surface area contributed by atoms with E-state index >= 15 is 0 Å². The molecule has 1 saturated carbocycles. The molecule has 1 fully saturated rings. The molecule has 2 aliphatic carbocycles. The van der Waals surface area contributed by atoms with Crippen molar-refractivity contribution in [2.24, 2.45) is 29.1 Å². The van der Waals surface area contributed by atoms with Gasteiger partial charge < -0.3 is 15.1 Å². The van der Waals surface area contributed by atoms with Crippen molar-refractivity contribution in [1.29, 1.82) is 0 Å². The lowest BCUT2D eigenvalue weighted by Gasteiger charge is -2.51. The molecule has 3 rings (SSSR count). The van der Waals surface area contributed by atoms with Gasteiger partial charge in [-0.25, -0.2) is 0 Å². The highest BCUT2D eigenvalue weighted by atomic mass is 16.3. The Labute approximate surface area is 167 Å². The number of carbonyl (C=O) groups excluding carboxylic acids is 2. The fourth-order valence-corrected chi connectivity index (χ4v) is 5.76. The van der Waals surface area contributed by atoms with Crippen molar-refractivity contribution in [2.45, 2.75) is 53.0 Å². The normalized spacial score (nSPS) is 38.8. The molecule has 1 amide bonds. The van der Waals surface area contributed by atoms with E-state index in [2.05, 4.69) is 26.0 Å². The van der Waals surface area contributed by atoms with Crippen molar-refractivity contribution >= 4 is 11.7 Å². The second kappa shape index (κ2) is 7.51. The number of aliphatic hydroxyl groups excluding tert-OH is 2. The molecule has 6 atom stereocenters. The topological polar surface area (TPSA) is 77.8 Å². The summed E-state index contributed by atoms with van der Waals surface area (Å²) in [5.74, 6) is -0.193. The van der Waals surface area contributed by atoms with Crippen LogP contribution in [-0.2, 0) is 9.59 Å². The maximum absolute atomic E-state index is 13.9. The first kappa shape index (κ1) is 20.8. The monoisotopic (exact) mass is 387 g/mol. The Morgan fingerprint density at radius 2 is 2.07 bits per heavy atom. The minimum atomic E-state index is -0.837. The molecule has 0 aromatic rings. The molecule has 1 aliphatic heterocycles. The summed E-state index contributed by atoms with van der Waals surface area (Å²) in [6.07, 6.45) is 9.48. The molecule has 2 N–H and O–H groups in total. The third-order valence-electron chi connectivity index (χ3n) is 7.40. The highest BCUT2D eigenvalue weighted by Gasteiger charge is 2.56. The van der Waals surface area contributed by atoms with Crippen molar-refractivity contribution in [3.05, 3.63) is 35.1 Å². The van der Waals surface area contributed by atoms with E-state index in [4.69, 9.17) is 0 Å².